The number of ether oxygens (including phenoxy) is 3. The van der Waals surface area contributed by atoms with E-state index in [4.69, 9.17) is 24.3 Å². The lowest BCUT2D eigenvalue weighted by Gasteiger charge is -2.23. The van der Waals surface area contributed by atoms with Gasteiger partial charge in [0, 0.05) is 30.6 Å². The predicted molar refractivity (Wildman–Crippen MR) is 126 cm³/mol. The Balaban J connectivity index is 1.60. The third kappa shape index (κ3) is 4.26. The monoisotopic (exact) mass is 461 g/mol. The third-order valence-electron chi connectivity index (χ3n) is 5.71. The Morgan fingerprint density at radius 2 is 2.09 bits per heavy atom. The van der Waals surface area contributed by atoms with E-state index < -0.39 is 5.97 Å². The number of methoxy groups -OCH3 is 1. The molecule has 1 atom stereocenters. The zero-order valence-corrected chi connectivity index (χ0v) is 19.5. The Bertz CT molecular complexity index is 1320. The number of esters is 1. The van der Waals surface area contributed by atoms with Crippen molar-refractivity contribution in [1.82, 2.24) is 24.3 Å². The van der Waals surface area contributed by atoms with Crippen LogP contribution in [0.5, 0.6) is 5.75 Å². The molecule has 1 aliphatic heterocycles. The summed E-state index contributed by atoms with van der Waals surface area (Å²) < 4.78 is 20.5. The molecule has 0 amide bonds. The van der Waals surface area contributed by atoms with E-state index in [1.54, 1.807) is 35.3 Å². The van der Waals surface area contributed by atoms with Crippen LogP contribution in [0.3, 0.4) is 0 Å². The van der Waals surface area contributed by atoms with Gasteiger partial charge in [-0.1, -0.05) is 0 Å². The second-order valence-electron chi connectivity index (χ2n) is 8.50. The van der Waals surface area contributed by atoms with Gasteiger partial charge in [-0.25, -0.2) is 19.4 Å². The van der Waals surface area contributed by atoms with Gasteiger partial charge in [0.2, 0.25) is 0 Å². The highest BCUT2D eigenvalue weighted by Crippen LogP contribution is 2.34. The van der Waals surface area contributed by atoms with Crippen LogP contribution in [0.1, 0.15) is 49.7 Å². The molecule has 0 saturated carbocycles. The fourth-order valence-electron chi connectivity index (χ4n) is 4.15. The van der Waals surface area contributed by atoms with Crippen molar-refractivity contribution in [1.29, 1.82) is 0 Å². The van der Waals surface area contributed by atoms with E-state index in [-0.39, 0.29) is 12.3 Å². The maximum absolute atomic E-state index is 11.8. The highest BCUT2D eigenvalue weighted by molar-refractivity contribution is 5.93. The van der Waals surface area contributed by atoms with Crippen molar-refractivity contribution in [2.24, 2.45) is 0 Å². The molecule has 1 aliphatic rings. The number of hydrogen-bond acceptors (Lipinski definition) is 7. The van der Waals surface area contributed by atoms with Gasteiger partial charge in [-0.2, -0.15) is 5.10 Å². The van der Waals surface area contributed by atoms with Gasteiger partial charge in [0.05, 0.1) is 24.3 Å². The van der Waals surface area contributed by atoms with Crippen LogP contribution in [-0.2, 0) is 9.47 Å². The van der Waals surface area contributed by atoms with E-state index in [0.717, 1.165) is 42.5 Å². The molecule has 4 heterocycles. The Kier molecular flexibility index (Phi) is 6.02. The summed E-state index contributed by atoms with van der Waals surface area (Å²) in [5.41, 5.74) is 2.05. The molecular formula is C25H27N5O4. The molecule has 9 nitrogen and oxygen atoms in total. The second kappa shape index (κ2) is 9.26. The molecule has 176 valence electrons. The standard InChI is InChI=1S/C25H27N5O4/c1-16(2)34-18-7-8-20-19(14-18)23(28-30(20)22-6-4-5-13-33-22)24-26-11-9-21(27-24)29-12-10-17(15-29)25(31)32-3/h7-12,14-16,22H,4-6,13H2,1-3H3. The molecule has 0 radical (unpaired) electrons. The Morgan fingerprint density at radius 3 is 2.85 bits per heavy atom. The summed E-state index contributed by atoms with van der Waals surface area (Å²) in [4.78, 5) is 21.1. The van der Waals surface area contributed by atoms with Crippen molar-refractivity contribution in [3.8, 4) is 23.1 Å². The number of benzene rings is 1. The fraction of sp³-hybridized carbons (Fsp3) is 0.360. The molecule has 0 bridgehead atoms. The average molecular weight is 462 g/mol. The minimum atomic E-state index is -0.400. The number of nitrogens with zero attached hydrogens (tertiary/aromatic N) is 5. The third-order valence-corrected chi connectivity index (χ3v) is 5.71. The Morgan fingerprint density at radius 1 is 1.21 bits per heavy atom. The SMILES string of the molecule is COC(=O)c1ccn(-c2ccnc(-c3nn(C4CCCCO4)c4ccc(OC(C)C)cc34)n2)c1. The van der Waals surface area contributed by atoms with Crippen LogP contribution in [-0.4, -0.2) is 50.1 Å². The summed E-state index contributed by atoms with van der Waals surface area (Å²) >= 11 is 0. The summed E-state index contributed by atoms with van der Waals surface area (Å²) in [7, 11) is 1.36. The number of carbonyl (C=O) groups is 1. The van der Waals surface area contributed by atoms with Crippen molar-refractivity contribution in [3.63, 3.8) is 0 Å². The average Bonchev–Trinajstić information content (AvgIpc) is 3.49. The van der Waals surface area contributed by atoms with E-state index in [2.05, 4.69) is 4.98 Å². The molecule has 1 aromatic carbocycles. The molecule has 34 heavy (non-hydrogen) atoms. The first-order valence-electron chi connectivity index (χ1n) is 11.4. The van der Waals surface area contributed by atoms with Crippen molar-refractivity contribution < 1.29 is 19.0 Å². The van der Waals surface area contributed by atoms with Crippen LogP contribution < -0.4 is 4.74 Å². The number of rotatable bonds is 6. The largest absolute Gasteiger partial charge is 0.491 e. The molecular weight excluding hydrogens is 434 g/mol. The molecule has 1 saturated heterocycles. The lowest BCUT2D eigenvalue weighted by molar-refractivity contribution is -0.0365. The van der Waals surface area contributed by atoms with Gasteiger partial charge < -0.3 is 18.8 Å². The predicted octanol–water partition coefficient (Wildman–Crippen LogP) is 4.56. The fourth-order valence-corrected chi connectivity index (χ4v) is 4.15. The van der Waals surface area contributed by atoms with E-state index in [1.165, 1.54) is 7.11 Å². The van der Waals surface area contributed by atoms with E-state index in [0.29, 0.717) is 22.9 Å². The molecule has 0 aliphatic carbocycles. The van der Waals surface area contributed by atoms with Crippen LogP contribution in [0, 0.1) is 0 Å². The van der Waals surface area contributed by atoms with E-state index in [9.17, 15) is 4.79 Å². The first-order chi connectivity index (χ1) is 16.5. The van der Waals surface area contributed by atoms with Crippen molar-refractivity contribution in [2.45, 2.75) is 45.4 Å². The number of aromatic nitrogens is 5. The number of hydrogen-bond donors (Lipinski definition) is 0. The normalized spacial score (nSPS) is 16.2. The molecule has 0 spiro atoms. The maximum Gasteiger partial charge on any atom is 0.339 e. The number of fused-ring (bicyclic) bond motifs is 1. The minimum absolute atomic E-state index is 0.0509. The van der Waals surface area contributed by atoms with Crippen LogP contribution in [0.4, 0.5) is 0 Å². The molecule has 5 rings (SSSR count). The quantitative estimate of drug-likeness (QED) is 0.389. The van der Waals surface area contributed by atoms with Gasteiger partial charge in [0.25, 0.3) is 0 Å². The van der Waals surface area contributed by atoms with Gasteiger partial charge in [-0.05, 0) is 63.4 Å². The topological polar surface area (TPSA) is 93.3 Å². The molecule has 4 aromatic rings. The summed E-state index contributed by atoms with van der Waals surface area (Å²) in [6, 6.07) is 9.42. The van der Waals surface area contributed by atoms with Crippen LogP contribution in [0.2, 0.25) is 0 Å². The van der Waals surface area contributed by atoms with Crippen LogP contribution >= 0.6 is 0 Å². The van der Waals surface area contributed by atoms with Crippen LogP contribution in [0.15, 0.2) is 48.9 Å². The van der Waals surface area contributed by atoms with Crippen molar-refractivity contribution in [3.05, 3.63) is 54.5 Å². The molecule has 9 heteroatoms. The van der Waals surface area contributed by atoms with Gasteiger partial charge in [-0.3, -0.25) is 0 Å². The maximum atomic E-state index is 11.8. The van der Waals surface area contributed by atoms with Crippen LogP contribution in [0.25, 0.3) is 28.2 Å². The second-order valence-corrected chi connectivity index (χ2v) is 8.50. The molecule has 1 fully saturated rings. The highest BCUT2D eigenvalue weighted by Gasteiger charge is 2.23. The molecule has 0 N–H and O–H groups in total. The van der Waals surface area contributed by atoms with E-state index in [1.807, 2.05) is 36.7 Å². The van der Waals surface area contributed by atoms with Crippen molar-refractivity contribution >= 4 is 16.9 Å². The summed E-state index contributed by atoms with van der Waals surface area (Å²) in [6.07, 6.45) is 8.11. The van der Waals surface area contributed by atoms with Gasteiger partial charge >= 0.3 is 5.97 Å². The molecule has 1 unspecified atom stereocenters. The smallest absolute Gasteiger partial charge is 0.339 e. The minimum Gasteiger partial charge on any atom is -0.491 e. The number of carbonyl (C=O) groups excluding carboxylic acids is 1. The lowest BCUT2D eigenvalue weighted by Crippen LogP contribution is -2.19. The lowest BCUT2D eigenvalue weighted by atomic mass is 10.1. The van der Waals surface area contributed by atoms with Gasteiger partial charge in [0.1, 0.15) is 17.3 Å². The first kappa shape index (κ1) is 22.1. The molecule has 3 aromatic heterocycles. The highest BCUT2D eigenvalue weighted by atomic mass is 16.5. The zero-order chi connectivity index (χ0) is 23.7. The van der Waals surface area contributed by atoms with Gasteiger partial charge in [0.15, 0.2) is 12.1 Å². The Hall–Kier alpha value is -3.72. The zero-order valence-electron chi connectivity index (χ0n) is 19.5. The summed E-state index contributed by atoms with van der Waals surface area (Å²) in [5.74, 6) is 1.46. The summed E-state index contributed by atoms with van der Waals surface area (Å²) in [5, 5.41) is 5.81. The van der Waals surface area contributed by atoms with Crippen molar-refractivity contribution in [2.75, 3.05) is 13.7 Å². The van der Waals surface area contributed by atoms with E-state index >= 15 is 0 Å². The summed E-state index contributed by atoms with van der Waals surface area (Å²) in [6.45, 7) is 4.71. The Labute approximate surface area is 197 Å². The van der Waals surface area contributed by atoms with Gasteiger partial charge in [-0.15, -0.1) is 0 Å². The first-order valence-corrected chi connectivity index (χ1v) is 11.4.